The summed E-state index contributed by atoms with van der Waals surface area (Å²) in [6.45, 7) is 0. The molecule has 0 spiro atoms. The fraction of sp³-hybridized carbons (Fsp3) is 0.500. The highest BCUT2D eigenvalue weighted by Gasteiger charge is 2.07. The molecule has 1 rings (SSSR count). The molecule has 6 heteroatoms. The van der Waals surface area contributed by atoms with Crippen LogP contribution in [0.4, 0.5) is 0 Å². The summed E-state index contributed by atoms with van der Waals surface area (Å²) in [5.41, 5.74) is 0.206. The van der Waals surface area contributed by atoms with Gasteiger partial charge < -0.3 is 4.98 Å². The molecular formula is C8H10Cl2N2O2. The first-order valence-corrected chi connectivity index (χ1v) is 5.22. The van der Waals surface area contributed by atoms with E-state index in [0.717, 1.165) is 0 Å². The smallest absolute Gasteiger partial charge is 0.311 e. The number of nitrogens with one attached hydrogen (secondary N) is 2. The van der Waals surface area contributed by atoms with Gasteiger partial charge in [-0.05, 0) is 6.42 Å². The number of hydrogen-bond donors (Lipinski definition) is 2. The molecule has 78 valence electrons. The van der Waals surface area contributed by atoms with Gasteiger partial charge in [-0.15, -0.1) is 23.2 Å². The summed E-state index contributed by atoms with van der Waals surface area (Å²) in [6, 6.07) is 0. The van der Waals surface area contributed by atoms with E-state index in [2.05, 4.69) is 9.97 Å². The summed E-state index contributed by atoms with van der Waals surface area (Å²) in [5.74, 6) is 0.694. The van der Waals surface area contributed by atoms with Gasteiger partial charge in [-0.2, -0.15) is 0 Å². The minimum absolute atomic E-state index is 0.338. The Hall–Kier alpha value is -0.740. The van der Waals surface area contributed by atoms with Crippen LogP contribution in [-0.2, 0) is 12.8 Å². The quantitative estimate of drug-likeness (QED) is 0.754. The molecule has 0 aliphatic carbocycles. The van der Waals surface area contributed by atoms with Crippen molar-refractivity contribution < 1.29 is 0 Å². The van der Waals surface area contributed by atoms with Gasteiger partial charge in [0.25, 0.3) is 5.56 Å². The topological polar surface area (TPSA) is 65.7 Å². The second kappa shape index (κ2) is 5.22. The van der Waals surface area contributed by atoms with Crippen LogP contribution < -0.4 is 11.2 Å². The van der Waals surface area contributed by atoms with Gasteiger partial charge >= 0.3 is 5.69 Å². The van der Waals surface area contributed by atoms with Gasteiger partial charge in [0.1, 0.15) is 0 Å². The maximum atomic E-state index is 11.3. The van der Waals surface area contributed by atoms with E-state index in [0.29, 0.717) is 35.9 Å². The summed E-state index contributed by atoms with van der Waals surface area (Å²) < 4.78 is 0. The van der Waals surface area contributed by atoms with Crippen LogP contribution in [0.5, 0.6) is 0 Å². The molecule has 0 amide bonds. The molecule has 1 aromatic rings. The van der Waals surface area contributed by atoms with Crippen molar-refractivity contribution in [3.63, 3.8) is 0 Å². The standard InChI is InChI=1S/C8H10Cl2N2O2/c9-3-1-5-6(2-4-10)11-8(14)12-7(5)13/h1-4H2,(H2,11,12,13,14). The van der Waals surface area contributed by atoms with E-state index in [4.69, 9.17) is 23.2 Å². The minimum atomic E-state index is -0.506. The van der Waals surface area contributed by atoms with Crippen molar-refractivity contribution in [2.24, 2.45) is 0 Å². The number of hydrogen-bond acceptors (Lipinski definition) is 2. The van der Waals surface area contributed by atoms with Crippen molar-refractivity contribution in [2.75, 3.05) is 11.8 Å². The monoisotopic (exact) mass is 236 g/mol. The average Bonchev–Trinajstić information content (AvgIpc) is 2.11. The van der Waals surface area contributed by atoms with Crippen LogP contribution in [-0.4, -0.2) is 21.7 Å². The molecule has 0 aliphatic heterocycles. The third-order valence-corrected chi connectivity index (χ3v) is 2.20. The van der Waals surface area contributed by atoms with Gasteiger partial charge in [0.05, 0.1) is 0 Å². The zero-order valence-electron chi connectivity index (χ0n) is 7.40. The summed E-state index contributed by atoms with van der Waals surface area (Å²) in [7, 11) is 0. The van der Waals surface area contributed by atoms with E-state index in [-0.39, 0.29) is 5.56 Å². The van der Waals surface area contributed by atoms with Crippen LogP contribution >= 0.6 is 23.2 Å². The number of aromatic nitrogens is 2. The lowest BCUT2D eigenvalue weighted by Gasteiger charge is -2.04. The van der Waals surface area contributed by atoms with Gasteiger partial charge in [0.2, 0.25) is 0 Å². The normalized spacial score (nSPS) is 10.4. The van der Waals surface area contributed by atoms with E-state index in [1.807, 2.05) is 0 Å². The van der Waals surface area contributed by atoms with Crippen LogP contribution in [0, 0.1) is 0 Å². The van der Waals surface area contributed by atoms with Crippen molar-refractivity contribution >= 4 is 23.2 Å². The van der Waals surface area contributed by atoms with Crippen molar-refractivity contribution in [3.05, 3.63) is 32.1 Å². The molecule has 1 heterocycles. The summed E-state index contributed by atoms with van der Waals surface area (Å²) in [5, 5.41) is 0. The zero-order chi connectivity index (χ0) is 10.6. The molecule has 0 fully saturated rings. The van der Waals surface area contributed by atoms with E-state index in [1.165, 1.54) is 0 Å². The summed E-state index contributed by atoms with van der Waals surface area (Å²) in [4.78, 5) is 27.0. The molecule has 4 nitrogen and oxygen atoms in total. The first-order chi connectivity index (χ1) is 6.69. The lowest BCUT2D eigenvalue weighted by Crippen LogP contribution is -2.28. The van der Waals surface area contributed by atoms with Gasteiger partial charge in [-0.25, -0.2) is 4.79 Å². The fourth-order valence-electron chi connectivity index (χ4n) is 1.23. The molecule has 0 aromatic carbocycles. The number of aromatic amines is 2. The summed E-state index contributed by atoms with van der Waals surface area (Å²) >= 11 is 11.1. The second-order valence-corrected chi connectivity index (χ2v) is 3.50. The highest BCUT2D eigenvalue weighted by molar-refractivity contribution is 6.18. The molecule has 0 saturated carbocycles. The molecule has 0 radical (unpaired) electrons. The fourth-order valence-corrected chi connectivity index (χ4v) is 1.60. The lowest BCUT2D eigenvalue weighted by molar-refractivity contribution is 0.880. The Labute approximate surface area is 90.3 Å². The van der Waals surface area contributed by atoms with E-state index in [1.54, 1.807) is 0 Å². The number of halogens is 2. The molecule has 2 N–H and O–H groups in total. The predicted octanol–water partition coefficient (Wildman–Crippen LogP) is 0.626. The molecule has 1 aromatic heterocycles. The Morgan fingerprint density at radius 3 is 2.21 bits per heavy atom. The number of H-pyrrole nitrogens is 2. The second-order valence-electron chi connectivity index (χ2n) is 2.74. The maximum absolute atomic E-state index is 11.3. The van der Waals surface area contributed by atoms with Crippen LogP contribution in [0.2, 0.25) is 0 Å². The van der Waals surface area contributed by atoms with E-state index in [9.17, 15) is 9.59 Å². The van der Waals surface area contributed by atoms with Crippen molar-refractivity contribution in [1.29, 1.82) is 0 Å². The van der Waals surface area contributed by atoms with Crippen molar-refractivity contribution in [1.82, 2.24) is 9.97 Å². The largest absolute Gasteiger partial charge is 0.325 e. The number of alkyl halides is 2. The molecule has 0 bridgehead atoms. The molecule has 0 atom stereocenters. The van der Waals surface area contributed by atoms with Gasteiger partial charge in [0, 0.05) is 29.4 Å². The van der Waals surface area contributed by atoms with E-state index >= 15 is 0 Å². The van der Waals surface area contributed by atoms with Crippen LogP contribution in [0.1, 0.15) is 11.3 Å². The van der Waals surface area contributed by atoms with Gasteiger partial charge in [0.15, 0.2) is 0 Å². The Morgan fingerprint density at radius 2 is 1.64 bits per heavy atom. The van der Waals surface area contributed by atoms with Gasteiger partial charge in [-0.3, -0.25) is 9.78 Å². The number of rotatable bonds is 4. The van der Waals surface area contributed by atoms with Crippen LogP contribution in [0.3, 0.4) is 0 Å². The SMILES string of the molecule is O=c1[nH]c(CCCl)c(CCCl)c(=O)[nH]1. The molecule has 0 aliphatic rings. The summed E-state index contributed by atoms with van der Waals surface area (Å²) in [6.07, 6.45) is 0.896. The molecule has 14 heavy (non-hydrogen) atoms. The Morgan fingerprint density at radius 1 is 1.00 bits per heavy atom. The minimum Gasteiger partial charge on any atom is -0.311 e. The Kier molecular flexibility index (Phi) is 4.22. The third-order valence-electron chi connectivity index (χ3n) is 1.82. The van der Waals surface area contributed by atoms with E-state index < -0.39 is 5.69 Å². The van der Waals surface area contributed by atoms with Crippen LogP contribution in [0.15, 0.2) is 9.59 Å². The average molecular weight is 237 g/mol. The van der Waals surface area contributed by atoms with Crippen LogP contribution in [0.25, 0.3) is 0 Å². The van der Waals surface area contributed by atoms with Crippen molar-refractivity contribution in [3.8, 4) is 0 Å². The van der Waals surface area contributed by atoms with Gasteiger partial charge in [-0.1, -0.05) is 0 Å². The van der Waals surface area contributed by atoms with Crippen molar-refractivity contribution in [2.45, 2.75) is 12.8 Å². The Bertz CT molecular complexity index is 411. The maximum Gasteiger partial charge on any atom is 0.325 e. The molecule has 0 unspecified atom stereocenters. The Balaban J connectivity index is 3.21. The predicted molar refractivity (Wildman–Crippen MR) is 56.5 cm³/mol. The molecular weight excluding hydrogens is 227 g/mol. The highest BCUT2D eigenvalue weighted by Crippen LogP contribution is 2.02. The zero-order valence-corrected chi connectivity index (χ0v) is 8.91. The molecule has 0 saturated heterocycles. The first-order valence-electron chi connectivity index (χ1n) is 4.15. The highest BCUT2D eigenvalue weighted by atomic mass is 35.5. The first kappa shape index (κ1) is 11.3. The number of aryl methyl sites for hydroxylation is 1. The lowest BCUT2D eigenvalue weighted by atomic mass is 10.1. The third kappa shape index (κ3) is 2.62.